The number of hydrogen-bond donors (Lipinski definition) is 2. The van der Waals surface area contributed by atoms with Crippen molar-refractivity contribution in [3.05, 3.63) is 39.9 Å². The Bertz CT molecular complexity index is 535. The molecular formula is C13H14ClNO3. The van der Waals surface area contributed by atoms with E-state index in [9.17, 15) is 9.59 Å². The van der Waals surface area contributed by atoms with Gasteiger partial charge in [-0.25, -0.2) is 4.79 Å². The van der Waals surface area contributed by atoms with Crippen LogP contribution in [0.4, 0.5) is 5.69 Å². The summed E-state index contributed by atoms with van der Waals surface area (Å²) in [6.07, 6.45) is 0. The molecular weight excluding hydrogens is 254 g/mol. The maximum atomic E-state index is 11.8. The van der Waals surface area contributed by atoms with E-state index in [2.05, 4.69) is 5.32 Å². The molecule has 96 valence electrons. The molecule has 0 heterocycles. The molecule has 1 aromatic carbocycles. The Kier molecular flexibility index (Phi) is 4.50. The number of anilines is 1. The van der Waals surface area contributed by atoms with E-state index in [1.165, 1.54) is 13.8 Å². The van der Waals surface area contributed by atoms with E-state index in [1.807, 2.05) is 6.92 Å². The summed E-state index contributed by atoms with van der Waals surface area (Å²) in [5, 5.41) is 12.0. The van der Waals surface area contributed by atoms with Crippen LogP contribution in [0.5, 0.6) is 0 Å². The molecule has 18 heavy (non-hydrogen) atoms. The second-order valence-corrected chi connectivity index (χ2v) is 4.40. The van der Waals surface area contributed by atoms with E-state index in [0.717, 1.165) is 5.56 Å². The minimum atomic E-state index is -1.10. The number of amides is 1. The molecule has 0 radical (unpaired) electrons. The summed E-state index contributed by atoms with van der Waals surface area (Å²) < 4.78 is 0. The van der Waals surface area contributed by atoms with E-state index >= 15 is 0 Å². The first-order valence-corrected chi connectivity index (χ1v) is 5.69. The summed E-state index contributed by atoms with van der Waals surface area (Å²) in [4.78, 5) is 22.6. The second kappa shape index (κ2) is 5.69. The molecule has 0 bridgehead atoms. The van der Waals surface area contributed by atoms with Crippen molar-refractivity contribution in [3.8, 4) is 0 Å². The summed E-state index contributed by atoms with van der Waals surface area (Å²) in [5.74, 6) is -1.53. The normalized spacial score (nSPS) is 11.8. The van der Waals surface area contributed by atoms with Crippen LogP contribution in [0.25, 0.3) is 0 Å². The average molecular weight is 268 g/mol. The van der Waals surface area contributed by atoms with E-state index < -0.39 is 11.9 Å². The van der Waals surface area contributed by atoms with Gasteiger partial charge in [-0.15, -0.1) is 0 Å². The number of carbonyl (C=O) groups excluding carboxylic acids is 1. The Morgan fingerprint density at radius 2 is 1.83 bits per heavy atom. The maximum absolute atomic E-state index is 11.8. The summed E-state index contributed by atoms with van der Waals surface area (Å²) in [7, 11) is 0. The van der Waals surface area contributed by atoms with E-state index in [1.54, 1.807) is 18.2 Å². The molecule has 0 aromatic heterocycles. The number of hydrogen-bond acceptors (Lipinski definition) is 2. The zero-order valence-electron chi connectivity index (χ0n) is 10.4. The van der Waals surface area contributed by atoms with Crippen molar-refractivity contribution in [3.63, 3.8) is 0 Å². The van der Waals surface area contributed by atoms with Gasteiger partial charge in [0, 0.05) is 21.9 Å². The zero-order valence-corrected chi connectivity index (χ0v) is 11.1. The number of rotatable bonds is 3. The molecule has 0 saturated heterocycles. The van der Waals surface area contributed by atoms with Crippen LogP contribution >= 0.6 is 11.6 Å². The first-order valence-electron chi connectivity index (χ1n) is 5.31. The molecule has 0 aliphatic heterocycles. The van der Waals surface area contributed by atoms with Crippen LogP contribution in [-0.4, -0.2) is 17.0 Å². The lowest BCUT2D eigenvalue weighted by molar-refractivity contribution is -0.133. The van der Waals surface area contributed by atoms with Crippen molar-refractivity contribution >= 4 is 29.2 Å². The van der Waals surface area contributed by atoms with Gasteiger partial charge in [0.25, 0.3) is 5.91 Å². The summed E-state index contributed by atoms with van der Waals surface area (Å²) in [5.41, 5.74) is 1.63. The monoisotopic (exact) mass is 267 g/mol. The SMILES string of the molecule is C/C(C(=O)O)=C(\C)C(=O)Nc1ccc(Cl)cc1C. The van der Waals surface area contributed by atoms with Gasteiger partial charge >= 0.3 is 5.97 Å². The van der Waals surface area contributed by atoms with Gasteiger partial charge in [0.1, 0.15) is 0 Å². The lowest BCUT2D eigenvalue weighted by Crippen LogP contribution is -2.16. The van der Waals surface area contributed by atoms with Crippen LogP contribution in [0, 0.1) is 6.92 Å². The van der Waals surface area contributed by atoms with Gasteiger partial charge in [0.2, 0.25) is 0 Å². The van der Waals surface area contributed by atoms with E-state index in [4.69, 9.17) is 16.7 Å². The molecule has 0 aliphatic rings. The fourth-order valence-corrected chi connectivity index (χ4v) is 1.54. The molecule has 0 saturated carbocycles. The maximum Gasteiger partial charge on any atom is 0.331 e. The molecule has 5 heteroatoms. The zero-order chi connectivity index (χ0) is 13.9. The van der Waals surface area contributed by atoms with Gasteiger partial charge in [0.15, 0.2) is 0 Å². The number of benzene rings is 1. The molecule has 2 N–H and O–H groups in total. The lowest BCUT2D eigenvalue weighted by atomic mass is 10.1. The van der Waals surface area contributed by atoms with Gasteiger partial charge in [0.05, 0.1) is 0 Å². The van der Waals surface area contributed by atoms with Gasteiger partial charge in [-0.2, -0.15) is 0 Å². The van der Waals surface area contributed by atoms with Crippen molar-refractivity contribution in [2.75, 3.05) is 5.32 Å². The third-order valence-corrected chi connectivity index (χ3v) is 2.90. The molecule has 1 aromatic rings. The van der Waals surface area contributed by atoms with Gasteiger partial charge in [-0.1, -0.05) is 11.6 Å². The number of halogens is 1. The minimum Gasteiger partial charge on any atom is -0.478 e. The number of nitrogens with one attached hydrogen (secondary N) is 1. The number of carboxylic acid groups (broad SMARTS) is 1. The molecule has 1 rings (SSSR count). The Labute approximate surface area is 110 Å². The highest BCUT2D eigenvalue weighted by atomic mass is 35.5. The fraction of sp³-hybridized carbons (Fsp3) is 0.231. The van der Waals surface area contributed by atoms with E-state index in [0.29, 0.717) is 10.7 Å². The molecule has 0 fully saturated rings. The smallest absolute Gasteiger partial charge is 0.331 e. The van der Waals surface area contributed by atoms with Crippen LogP contribution in [0.15, 0.2) is 29.3 Å². The highest BCUT2D eigenvalue weighted by molar-refractivity contribution is 6.30. The van der Waals surface area contributed by atoms with Crippen LogP contribution in [0.1, 0.15) is 19.4 Å². The Hall–Kier alpha value is -1.81. The van der Waals surface area contributed by atoms with Crippen molar-refractivity contribution < 1.29 is 14.7 Å². The minimum absolute atomic E-state index is 0.0270. The molecule has 0 atom stereocenters. The fourth-order valence-electron chi connectivity index (χ4n) is 1.31. The van der Waals surface area contributed by atoms with Crippen molar-refractivity contribution in [2.24, 2.45) is 0 Å². The molecule has 1 amide bonds. The molecule has 0 spiro atoms. The van der Waals surface area contributed by atoms with Gasteiger partial charge < -0.3 is 10.4 Å². The molecule has 0 unspecified atom stereocenters. The largest absolute Gasteiger partial charge is 0.478 e. The third-order valence-electron chi connectivity index (χ3n) is 2.66. The molecule has 0 aliphatic carbocycles. The van der Waals surface area contributed by atoms with Crippen molar-refractivity contribution in [1.29, 1.82) is 0 Å². The lowest BCUT2D eigenvalue weighted by Gasteiger charge is -2.09. The first-order chi connectivity index (χ1) is 8.32. The number of carbonyl (C=O) groups is 2. The van der Waals surface area contributed by atoms with Crippen LogP contribution in [0.3, 0.4) is 0 Å². The van der Waals surface area contributed by atoms with Gasteiger partial charge in [-0.05, 0) is 44.5 Å². The number of aryl methyl sites for hydroxylation is 1. The number of aliphatic carboxylic acids is 1. The summed E-state index contributed by atoms with van der Waals surface area (Å²) in [6, 6.07) is 5.06. The quantitative estimate of drug-likeness (QED) is 0.828. The standard InChI is InChI=1S/C13H14ClNO3/c1-7-6-10(14)4-5-11(7)15-12(16)8(2)9(3)13(17)18/h4-6H,1-3H3,(H,15,16)(H,17,18)/b9-8-. The highest BCUT2D eigenvalue weighted by Gasteiger charge is 2.13. The predicted octanol–water partition coefficient (Wildman–Crippen LogP) is 3.01. The van der Waals surface area contributed by atoms with Crippen LogP contribution < -0.4 is 5.32 Å². The molecule has 4 nitrogen and oxygen atoms in total. The van der Waals surface area contributed by atoms with Crippen LogP contribution in [-0.2, 0) is 9.59 Å². The number of carboxylic acids is 1. The highest BCUT2D eigenvalue weighted by Crippen LogP contribution is 2.20. The Morgan fingerprint density at radius 1 is 1.22 bits per heavy atom. The second-order valence-electron chi connectivity index (χ2n) is 3.97. The Morgan fingerprint density at radius 3 is 2.33 bits per heavy atom. The third kappa shape index (κ3) is 3.34. The summed E-state index contributed by atoms with van der Waals surface area (Å²) in [6.45, 7) is 4.68. The predicted molar refractivity (Wildman–Crippen MR) is 70.8 cm³/mol. The Balaban J connectivity index is 2.95. The van der Waals surface area contributed by atoms with Crippen LogP contribution in [0.2, 0.25) is 5.02 Å². The van der Waals surface area contributed by atoms with Crippen molar-refractivity contribution in [2.45, 2.75) is 20.8 Å². The van der Waals surface area contributed by atoms with Crippen molar-refractivity contribution in [1.82, 2.24) is 0 Å². The first kappa shape index (κ1) is 14.3. The average Bonchev–Trinajstić information content (AvgIpc) is 2.30. The topological polar surface area (TPSA) is 66.4 Å². The van der Waals surface area contributed by atoms with E-state index in [-0.39, 0.29) is 11.1 Å². The summed E-state index contributed by atoms with van der Waals surface area (Å²) >= 11 is 5.81. The van der Waals surface area contributed by atoms with Gasteiger partial charge in [-0.3, -0.25) is 4.79 Å².